The molecule has 0 aliphatic heterocycles. The van der Waals surface area contributed by atoms with Gasteiger partial charge in [0.05, 0.1) is 17.2 Å². The van der Waals surface area contributed by atoms with Crippen molar-refractivity contribution in [2.24, 2.45) is 0 Å². The summed E-state index contributed by atoms with van der Waals surface area (Å²) in [6.45, 7) is 1.36. The minimum Gasteiger partial charge on any atom is -0.494 e. The molecule has 33 heavy (non-hydrogen) atoms. The third kappa shape index (κ3) is 8.60. The first-order valence-corrected chi connectivity index (χ1v) is 10.2. The molecule has 0 radical (unpaired) electrons. The van der Waals surface area contributed by atoms with Crippen LogP contribution in [0.4, 0.5) is 19.0 Å². The van der Waals surface area contributed by atoms with E-state index in [0.717, 1.165) is 12.8 Å². The van der Waals surface area contributed by atoms with Gasteiger partial charge in [-0.25, -0.2) is 4.98 Å². The summed E-state index contributed by atoms with van der Waals surface area (Å²) in [6, 6.07) is 6.95. The first-order chi connectivity index (χ1) is 15.6. The van der Waals surface area contributed by atoms with Gasteiger partial charge in [-0.2, -0.15) is 13.2 Å². The van der Waals surface area contributed by atoms with Gasteiger partial charge >= 0.3 is 12.1 Å². The van der Waals surface area contributed by atoms with Crippen LogP contribution in [0.25, 0.3) is 0 Å². The number of esters is 1. The van der Waals surface area contributed by atoms with E-state index in [2.05, 4.69) is 15.6 Å². The normalized spacial score (nSPS) is 10.9. The third-order valence-corrected chi connectivity index (χ3v) is 4.36. The minimum absolute atomic E-state index is 0.298. The van der Waals surface area contributed by atoms with E-state index >= 15 is 0 Å². The second-order valence-corrected chi connectivity index (χ2v) is 7.08. The molecule has 1 aromatic carbocycles. The molecule has 2 amide bonds. The van der Waals surface area contributed by atoms with Crippen molar-refractivity contribution in [2.45, 2.75) is 25.9 Å². The Morgan fingerprint density at radius 2 is 1.85 bits per heavy atom. The Balaban J connectivity index is 1.75. The van der Waals surface area contributed by atoms with Gasteiger partial charge in [-0.1, -0.05) is 24.9 Å². The zero-order chi connectivity index (χ0) is 24.4. The smallest absolute Gasteiger partial charge is 0.417 e. The summed E-state index contributed by atoms with van der Waals surface area (Å²) in [5.74, 6) is -2.00. The van der Waals surface area contributed by atoms with E-state index in [-0.39, 0.29) is 5.82 Å². The highest BCUT2D eigenvalue weighted by Crippen LogP contribution is 2.32. The average molecular weight is 488 g/mol. The van der Waals surface area contributed by atoms with Crippen molar-refractivity contribution in [3.05, 3.63) is 52.7 Å². The van der Waals surface area contributed by atoms with Crippen LogP contribution in [0.2, 0.25) is 5.02 Å². The number of halogens is 4. The molecule has 2 rings (SSSR count). The first-order valence-electron chi connectivity index (χ1n) is 9.79. The number of aromatic nitrogens is 1. The maximum absolute atomic E-state index is 12.6. The molecule has 0 spiro atoms. The fourth-order valence-corrected chi connectivity index (χ4v) is 2.56. The van der Waals surface area contributed by atoms with E-state index in [1.165, 1.54) is 12.1 Å². The highest BCUT2D eigenvalue weighted by Gasteiger charge is 2.31. The molecule has 12 heteroatoms. The molecule has 0 fully saturated rings. The van der Waals surface area contributed by atoms with E-state index in [1.54, 1.807) is 12.1 Å². The maximum Gasteiger partial charge on any atom is 0.417 e. The maximum atomic E-state index is 12.6. The fraction of sp³-hybridized carbons (Fsp3) is 0.333. The quantitative estimate of drug-likeness (QED) is 0.389. The molecule has 2 aromatic rings. The summed E-state index contributed by atoms with van der Waals surface area (Å²) >= 11 is 5.69. The van der Waals surface area contributed by atoms with Gasteiger partial charge in [-0.3, -0.25) is 14.4 Å². The molecule has 1 aromatic heterocycles. The number of amides is 2. The molecule has 2 N–H and O–H groups in total. The number of carbonyl (C=O) groups excluding carboxylic acids is 3. The minimum atomic E-state index is -4.64. The lowest BCUT2D eigenvalue weighted by atomic mass is 10.2. The highest BCUT2D eigenvalue weighted by atomic mass is 35.5. The summed E-state index contributed by atoms with van der Waals surface area (Å²) in [5.41, 5.74) is -0.780. The molecule has 0 atom stereocenters. The lowest BCUT2D eigenvalue weighted by molar-refractivity contribution is -0.146. The first kappa shape index (κ1) is 25.9. The number of alkyl halides is 3. The van der Waals surface area contributed by atoms with Crippen LogP contribution in [0.15, 0.2) is 36.5 Å². The molecule has 0 saturated carbocycles. The van der Waals surface area contributed by atoms with Gasteiger partial charge in [0.15, 0.2) is 12.4 Å². The molecular formula is C21H21ClF3N3O5. The lowest BCUT2D eigenvalue weighted by Crippen LogP contribution is -2.32. The van der Waals surface area contributed by atoms with Gasteiger partial charge < -0.3 is 20.1 Å². The summed E-state index contributed by atoms with van der Waals surface area (Å²) < 4.78 is 48.0. The number of rotatable bonds is 10. The summed E-state index contributed by atoms with van der Waals surface area (Å²) in [4.78, 5) is 39.1. The Bertz CT molecular complexity index is 984. The van der Waals surface area contributed by atoms with Crippen molar-refractivity contribution in [1.29, 1.82) is 0 Å². The molecule has 8 nitrogen and oxygen atoms in total. The number of hydrogen-bond donors (Lipinski definition) is 2. The number of carbonyl (C=O) groups is 3. The Morgan fingerprint density at radius 1 is 1.15 bits per heavy atom. The number of nitrogens with one attached hydrogen (secondary N) is 2. The van der Waals surface area contributed by atoms with Crippen LogP contribution in [0, 0.1) is 0 Å². The van der Waals surface area contributed by atoms with Crippen molar-refractivity contribution in [1.82, 2.24) is 10.3 Å². The fourth-order valence-electron chi connectivity index (χ4n) is 2.34. The van der Waals surface area contributed by atoms with E-state index in [0.29, 0.717) is 30.2 Å². The van der Waals surface area contributed by atoms with Crippen LogP contribution >= 0.6 is 11.6 Å². The van der Waals surface area contributed by atoms with Gasteiger partial charge in [-0.15, -0.1) is 0 Å². The number of pyridine rings is 1. The third-order valence-electron chi connectivity index (χ3n) is 4.07. The van der Waals surface area contributed by atoms with E-state index in [1.807, 2.05) is 6.92 Å². The van der Waals surface area contributed by atoms with Gasteiger partial charge in [0.1, 0.15) is 12.3 Å². The van der Waals surface area contributed by atoms with Crippen molar-refractivity contribution in [3.63, 3.8) is 0 Å². The standard InChI is InChI=1S/C21H21ClF3N3O5/c1-2-3-8-32-15-6-4-13(5-7-15)20(31)27-11-18(30)33-12-17(29)28-19-16(22)9-14(10-26-19)21(23,24)25/h4-7,9-10H,2-3,8,11-12H2,1H3,(H,27,31)(H,26,28,29). The van der Waals surface area contributed by atoms with Gasteiger partial charge in [0, 0.05) is 11.8 Å². The zero-order valence-corrected chi connectivity index (χ0v) is 18.3. The monoisotopic (exact) mass is 487 g/mol. The summed E-state index contributed by atoms with van der Waals surface area (Å²) in [5, 5.41) is 4.05. The molecular weight excluding hydrogens is 467 g/mol. The van der Waals surface area contributed by atoms with Crippen molar-refractivity contribution >= 4 is 35.2 Å². The average Bonchev–Trinajstić information content (AvgIpc) is 2.77. The number of benzene rings is 1. The Kier molecular flexibility index (Phi) is 9.46. The second-order valence-electron chi connectivity index (χ2n) is 6.67. The SMILES string of the molecule is CCCCOc1ccc(C(=O)NCC(=O)OCC(=O)Nc2ncc(C(F)(F)F)cc2Cl)cc1. The largest absolute Gasteiger partial charge is 0.494 e. The van der Waals surface area contributed by atoms with Crippen LogP contribution in [-0.4, -0.2) is 42.5 Å². The Labute approximate surface area is 192 Å². The summed E-state index contributed by atoms with van der Waals surface area (Å²) in [6.07, 6.45) is -2.22. The van der Waals surface area contributed by atoms with Crippen LogP contribution in [0.5, 0.6) is 5.75 Å². The van der Waals surface area contributed by atoms with Crippen molar-refractivity contribution < 1.29 is 37.0 Å². The van der Waals surface area contributed by atoms with Crippen LogP contribution in [0.3, 0.4) is 0 Å². The number of hydrogen-bond acceptors (Lipinski definition) is 6. The lowest BCUT2D eigenvalue weighted by Gasteiger charge is -2.10. The zero-order valence-electron chi connectivity index (χ0n) is 17.5. The van der Waals surface area contributed by atoms with Crippen LogP contribution < -0.4 is 15.4 Å². The molecule has 0 aliphatic carbocycles. The predicted molar refractivity (Wildman–Crippen MR) is 113 cm³/mol. The second kappa shape index (κ2) is 12.0. The van der Waals surface area contributed by atoms with Gasteiger partial charge in [0.2, 0.25) is 0 Å². The van der Waals surface area contributed by atoms with Gasteiger partial charge in [0.25, 0.3) is 11.8 Å². The summed E-state index contributed by atoms with van der Waals surface area (Å²) in [7, 11) is 0. The molecule has 0 aliphatic rings. The van der Waals surface area contributed by atoms with Crippen LogP contribution in [0.1, 0.15) is 35.7 Å². The topological polar surface area (TPSA) is 107 Å². The molecule has 0 unspecified atom stereocenters. The van der Waals surface area contributed by atoms with Crippen molar-refractivity contribution in [3.8, 4) is 5.75 Å². The number of ether oxygens (including phenoxy) is 2. The molecule has 178 valence electrons. The Hall–Kier alpha value is -3.34. The highest BCUT2D eigenvalue weighted by molar-refractivity contribution is 6.33. The number of unbranched alkanes of at least 4 members (excludes halogenated alkanes) is 1. The predicted octanol–water partition coefficient (Wildman–Crippen LogP) is 3.84. The van der Waals surface area contributed by atoms with Gasteiger partial charge in [-0.05, 0) is 36.8 Å². The van der Waals surface area contributed by atoms with E-state index in [9.17, 15) is 27.6 Å². The van der Waals surface area contributed by atoms with Crippen molar-refractivity contribution in [2.75, 3.05) is 25.1 Å². The molecule has 0 bridgehead atoms. The Morgan fingerprint density at radius 3 is 2.45 bits per heavy atom. The van der Waals surface area contributed by atoms with E-state index < -0.39 is 47.7 Å². The number of anilines is 1. The van der Waals surface area contributed by atoms with E-state index in [4.69, 9.17) is 21.1 Å². The molecule has 0 saturated heterocycles. The number of nitrogens with zero attached hydrogens (tertiary/aromatic N) is 1. The molecule has 1 heterocycles. The van der Waals surface area contributed by atoms with Crippen LogP contribution in [-0.2, 0) is 20.5 Å².